The van der Waals surface area contributed by atoms with Crippen molar-refractivity contribution in [3.05, 3.63) is 60.2 Å². The van der Waals surface area contributed by atoms with Gasteiger partial charge in [-0.2, -0.15) is 0 Å². The van der Waals surface area contributed by atoms with E-state index >= 15 is 0 Å². The zero-order valence-electron chi connectivity index (χ0n) is 17.6. The van der Waals surface area contributed by atoms with Gasteiger partial charge < -0.3 is 20.4 Å². The Morgan fingerprint density at radius 3 is 2.74 bits per heavy atom. The maximum absolute atomic E-state index is 13.2. The minimum absolute atomic E-state index is 0.0766. The molecular weight excluding hydrogens is 394 g/mol. The molecule has 2 aliphatic rings. The van der Waals surface area contributed by atoms with E-state index in [2.05, 4.69) is 25.5 Å². The van der Waals surface area contributed by atoms with Gasteiger partial charge in [0.1, 0.15) is 18.2 Å². The Kier molecular flexibility index (Phi) is 6.66. The second-order valence-corrected chi connectivity index (χ2v) is 8.08. The van der Waals surface area contributed by atoms with Crippen LogP contribution in [0.2, 0.25) is 0 Å². The molecule has 0 aliphatic carbocycles. The molecule has 2 amide bonds. The number of allylic oxidation sites excluding steroid dienone is 1. The molecule has 0 bridgehead atoms. The summed E-state index contributed by atoms with van der Waals surface area (Å²) in [4.78, 5) is 35.4. The summed E-state index contributed by atoms with van der Waals surface area (Å²) in [7, 11) is 0. The number of carbonyl (C=O) groups is 2. The van der Waals surface area contributed by atoms with E-state index in [1.165, 1.54) is 0 Å². The van der Waals surface area contributed by atoms with Crippen LogP contribution in [0.1, 0.15) is 35.4 Å². The van der Waals surface area contributed by atoms with E-state index in [-0.39, 0.29) is 11.8 Å². The van der Waals surface area contributed by atoms with E-state index in [0.717, 1.165) is 38.3 Å². The average Bonchev–Trinajstić information content (AvgIpc) is 3.30. The number of para-hydroxylation sites is 1. The molecule has 3 heterocycles. The number of hydrogen-bond acceptors (Lipinski definition) is 5. The predicted octanol–water partition coefficient (Wildman–Crippen LogP) is 1.88. The quantitative estimate of drug-likeness (QED) is 0.641. The van der Waals surface area contributed by atoms with Crippen LogP contribution >= 0.6 is 0 Å². The number of amides is 2. The molecule has 31 heavy (non-hydrogen) atoms. The number of nitrogens with zero attached hydrogens (tertiary/aromatic N) is 2. The lowest BCUT2D eigenvalue weighted by molar-refractivity contribution is -0.134. The first-order valence-electron chi connectivity index (χ1n) is 10.8. The molecule has 2 aromatic rings. The molecule has 0 unspecified atom stereocenters. The summed E-state index contributed by atoms with van der Waals surface area (Å²) in [5.74, 6) is 1.38. The lowest BCUT2D eigenvalue weighted by Crippen LogP contribution is -2.49. The van der Waals surface area contributed by atoms with Crippen LogP contribution in [0, 0.1) is 5.41 Å². The van der Waals surface area contributed by atoms with Crippen LogP contribution in [0.3, 0.4) is 0 Å². The van der Waals surface area contributed by atoms with Crippen LogP contribution in [-0.4, -0.2) is 59.5 Å². The molecular formula is C23H29N5O3. The van der Waals surface area contributed by atoms with Gasteiger partial charge in [0.25, 0.3) is 5.91 Å². The molecule has 8 heteroatoms. The molecule has 0 saturated carbocycles. The Morgan fingerprint density at radius 1 is 1.10 bits per heavy atom. The van der Waals surface area contributed by atoms with Gasteiger partial charge in [0, 0.05) is 18.9 Å². The normalized spacial score (nSPS) is 21.3. The summed E-state index contributed by atoms with van der Waals surface area (Å²) in [5, 5.41) is 5.97. The smallest absolute Gasteiger partial charge is 0.255 e. The van der Waals surface area contributed by atoms with Gasteiger partial charge in [-0.05, 0) is 44.5 Å². The Balaban J connectivity index is 1.42. The predicted molar refractivity (Wildman–Crippen MR) is 117 cm³/mol. The third-order valence-electron chi connectivity index (χ3n) is 6.06. The first-order chi connectivity index (χ1) is 15.2. The third-order valence-corrected chi connectivity index (χ3v) is 6.06. The number of likely N-dealkylation sites (tertiary alicyclic amines) is 1. The zero-order valence-corrected chi connectivity index (χ0v) is 17.6. The fourth-order valence-electron chi connectivity index (χ4n) is 4.19. The second kappa shape index (κ2) is 9.78. The Labute approximate surface area is 182 Å². The van der Waals surface area contributed by atoms with Crippen molar-refractivity contribution in [3.63, 3.8) is 0 Å². The standard InChI is InChI=1S/C23H29N5O3/c29-21-18-5-1-2-6-19(18)31-16-13-27-22(30)23(7-3-4-10-26-21)8-14-28(15-9-23)17-20-24-11-12-25-20/h1-6,11-12H,7-10,13-17H2,(H,24,25)(H,26,29)(H,27,30)/b4-3+. The molecule has 1 aromatic heterocycles. The fourth-order valence-corrected chi connectivity index (χ4v) is 4.19. The number of aromatic amines is 1. The van der Waals surface area contributed by atoms with E-state index in [1.807, 2.05) is 30.5 Å². The van der Waals surface area contributed by atoms with Crippen molar-refractivity contribution in [1.82, 2.24) is 25.5 Å². The zero-order chi connectivity index (χ0) is 21.5. The molecule has 1 saturated heterocycles. The molecule has 3 N–H and O–H groups in total. The highest BCUT2D eigenvalue weighted by molar-refractivity contribution is 5.97. The first kappa shape index (κ1) is 21.1. The minimum Gasteiger partial charge on any atom is -0.491 e. The van der Waals surface area contributed by atoms with Crippen molar-refractivity contribution in [2.24, 2.45) is 5.41 Å². The van der Waals surface area contributed by atoms with Crippen LogP contribution in [0.4, 0.5) is 0 Å². The lowest BCUT2D eigenvalue weighted by Gasteiger charge is -2.40. The maximum Gasteiger partial charge on any atom is 0.255 e. The monoisotopic (exact) mass is 423 g/mol. The van der Waals surface area contributed by atoms with E-state index < -0.39 is 5.41 Å². The summed E-state index contributed by atoms with van der Waals surface area (Å²) >= 11 is 0. The number of fused-ring (bicyclic) bond motifs is 1. The summed E-state index contributed by atoms with van der Waals surface area (Å²) < 4.78 is 5.79. The summed E-state index contributed by atoms with van der Waals surface area (Å²) in [6.45, 7) is 3.56. The van der Waals surface area contributed by atoms with Gasteiger partial charge in [-0.15, -0.1) is 0 Å². The number of benzene rings is 1. The minimum atomic E-state index is -0.442. The van der Waals surface area contributed by atoms with E-state index in [0.29, 0.717) is 37.4 Å². The van der Waals surface area contributed by atoms with Gasteiger partial charge >= 0.3 is 0 Å². The van der Waals surface area contributed by atoms with Crippen LogP contribution < -0.4 is 15.4 Å². The van der Waals surface area contributed by atoms with Crippen molar-refractivity contribution < 1.29 is 14.3 Å². The number of hydrogen-bond donors (Lipinski definition) is 3. The highest BCUT2D eigenvalue weighted by Gasteiger charge is 2.40. The number of nitrogens with one attached hydrogen (secondary N) is 3. The molecule has 0 radical (unpaired) electrons. The third kappa shape index (κ3) is 5.14. The second-order valence-electron chi connectivity index (χ2n) is 8.08. The summed E-state index contributed by atoms with van der Waals surface area (Å²) in [6.07, 6.45) is 9.75. The number of piperidine rings is 1. The Morgan fingerprint density at radius 2 is 1.94 bits per heavy atom. The largest absolute Gasteiger partial charge is 0.491 e. The van der Waals surface area contributed by atoms with Crippen LogP contribution in [-0.2, 0) is 11.3 Å². The van der Waals surface area contributed by atoms with Gasteiger partial charge in [-0.25, -0.2) is 4.98 Å². The number of aromatic nitrogens is 2. The van der Waals surface area contributed by atoms with Gasteiger partial charge in [-0.3, -0.25) is 14.5 Å². The molecule has 2 aliphatic heterocycles. The number of H-pyrrole nitrogens is 1. The molecule has 4 rings (SSSR count). The van der Waals surface area contributed by atoms with Crippen molar-refractivity contribution in [3.8, 4) is 5.75 Å². The van der Waals surface area contributed by atoms with Crippen molar-refractivity contribution >= 4 is 11.8 Å². The summed E-state index contributed by atoms with van der Waals surface area (Å²) in [5.41, 5.74) is 0.0574. The van der Waals surface area contributed by atoms with Crippen LogP contribution in [0.15, 0.2) is 48.8 Å². The van der Waals surface area contributed by atoms with E-state index in [1.54, 1.807) is 18.3 Å². The SMILES string of the molecule is O=C1NC/C=C/CC2(CCN(Cc3ncc[nH]3)CC2)C(=O)NCCOc2ccccc21. The number of carbonyl (C=O) groups excluding carboxylic acids is 2. The van der Waals surface area contributed by atoms with E-state index in [4.69, 9.17) is 4.74 Å². The van der Waals surface area contributed by atoms with Crippen LogP contribution in [0.5, 0.6) is 5.75 Å². The number of ether oxygens (including phenoxy) is 1. The van der Waals surface area contributed by atoms with Gasteiger partial charge in [0.05, 0.1) is 24.1 Å². The Bertz CT molecular complexity index is 917. The van der Waals surface area contributed by atoms with Gasteiger partial charge in [0.15, 0.2) is 0 Å². The molecule has 0 atom stereocenters. The lowest BCUT2D eigenvalue weighted by atomic mass is 9.74. The maximum atomic E-state index is 13.2. The van der Waals surface area contributed by atoms with Crippen molar-refractivity contribution in [2.75, 3.05) is 32.8 Å². The van der Waals surface area contributed by atoms with E-state index in [9.17, 15) is 9.59 Å². The molecule has 8 nitrogen and oxygen atoms in total. The summed E-state index contributed by atoms with van der Waals surface area (Å²) in [6, 6.07) is 7.16. The number of imidazole rings is 1. The van der Waals surface area contributed by atoms with Gasteiger partial charge in [-0.1, -0.05) is 24.3 Å². The highest BCUT2D eigenvalue weighted by Crippen LogP contribution is 2.36. The molecule has 1 spiro atoms. The molecule has 1 aromatic carbocycles. The molecule has 1 fully saturated rings. The van der Waals surface area contributed by atoms with Gasteiger partial charge in [0.2, 0.25) is 5.91 Å². The topological polar surface area (TPSA) is 99.4 Å². The molecule has 164 valence electrons. The fraction of sp³-hybridized carbons (Fsp3) is 0.435. The Hall–Kier alpha value is -3.13. The van der Waals surface area contributed by atoms with Crippen LogP contribution in [0.25, 0.3) is 0 Å². The highest BCUT2D eigenvalue weighted by atomic mass is 16.5. The van der Waals surface area contributed by atoms with Crippen molar-refractivity contribution in [2.45, 2.75) is 25.8 Å². The number of rotatable bonds is 2. The van der Waals surface area contributed by atoms with Crippen molar-refractivity contribution in [1.29, 1.82) is 0 Å². The average molecular weight is 424 g/mol. The first-order valence-corrected chi connectivity index (χ1v) is 10.8.